The molecule has 1 aliphatic rings. The number of hydrogen-bond acceptors (Lipinski definition) is 2. The molecule has 4 rings (SSSR count). The molecule has 0 atom stereocenters. The largest absolute Gasteiger partial charge is 0.326 e. The Morgan fingerprint density at radius 2 is 1.92 bits per heavy atom. The number of H-pyrrole nitrogens is 1. The van der Waals surface area contributed by atoms with E-state index in [9.17, 15) is 4.79 Å². The first kappa shape index (κ1) is 16.4. The third-order valence-corrected chi connectivity index (χ3v) is 5.49. The number of aryl methyl sites for hydroxylation is 1. The van der Waals surface area contributed by atoms with Crippen molar-refractivity contribution in [3.05, 3.63) is 69.1 Å². The molecule has 0 bridgehead atoms. The molecule has 0 aliphatic carbocycles. The average Bonchev–Trinajstić information content (AvgIpc) is 2.92. The van der Waals surface area contributed by atoms with Crippen LogP contribution in [-0.2, 0) is 6.54 Å². The summed E-state index contributed by atoms with van der Waals surface area (Å²) in [6.07, 6.45) is 1.97. The van der Waals surface area contributed by atoms with E-state index in [-0.39, 0.29) is 11.7 Å². The minimum atomic E-state index is -0.0328. The fourth-order valence-corrected chi connectivity index (χ4v) is 4.00. The highest BCUT2D eigenvalue weighted by molar-refractivity contribution is 6.31. The number of rotatable bonds is 3. The topological polar surface area (TPSA) is 41.0 Å². The molecule has 0 spiro atoms. The highest BCUT2D eigenvalue weighted by Gasteiger charge is 2.23. The number of halogens is 1. The van der Waals surface area contributed by atoms with Crippen LogP contribution in [0, 0.1) is 6.92 Å². The SMILES string of the molecule is Cc1ccccc1CN1CCC(n2c(=O)[nH]c3cc(Cl)ccc32)CC1. The predicted molar refractivity (Wildman–Crippen MR) is 102 cm³/mol. The average molecular weight is 356 g/mol. The third kappa shape index (κ3) is 3.24. The van der Waals surface area contributed by atoms with Crippen LogP contribution in [0.2, 0.25) is 5.02 Å². The third-order valence-electron chi connectivity index (χ3n) is 5.26. The summed E-state index contributed by atoms with van der Waals surface area (Å²) in [5, 5.41) is 0.647. The zero-order valence-corrected chi connectivity index (χ0v) is 15.1. The van der Waals surface area contributed by atoms with Gasteiger partial charge in [0.05, 0.1) is 11.0 Å². The molecule has 0 radical (unpaired) electrons. The van der Waals surface area contributed by atoms with E-state index >= 15 is 0 Å². The van der Waals surface area contributed by atoms with Gasteiger partial charge in [0.25, 0.3) is 0 Å². The van der Waals surface area contributed by atoms with Gasteiger partial charge >= 0.3 is 5.69 Å². The Morgan fingerprint density at radius 3 is 2.68 bits per heavy atom. The van der Waals surface area contributed by atoms with Crippen LogP contribution in [0.3, 0.4) is 0 Å². The van der Waals surface area contributed by atoms with Crippen molar-refractivity contribution in [1.82, 2.24) is 14.5 Å². The van der Waals surface area contributed by atoms with Crippen LogP contribution in [0.4, 0.5) is 0 Å². The first-order valence-corrected chi connectivity index (χ1v) is 9.16. The van der Waals surface area contributed by atoms with Gasteiger partial charge in [-0.05, 0) is 49.1 Å². The first-order chi connectivity index (χ1) is 12.1. The fraction of sp³-hybridized carbons (Fsp3) is 0.350. The molecule has 0 amide bonds. The maximum atomic E-state index is 12.4. The van der Waals surface area contributed by atoms with Crippen molar-refractivity contribution in [3.8, 4) is 0 Å². The van der Waals surface area contributed by atoms with E-state index in [0.29, 0.717) is 5.02 Å². The predicted octanol–water partition coefficient (Wildman–Crippen LogP) is 4.13. The molecule has 2 heterocycles. The summed E-state index contributed by atoms with van der Waals surface area (Å²) in [7, 11) is 0. The van der Waals surface area contributed by atoms with Crippen LogP contribution < -0.4 is 5.69 Å². The van der Waals surface area contributed by atoms with Crippen molar-refractivity contribution in [2.75, 3.05) is 13.1 Å². The van der Waals surface area contributed by atoms with Gasteiger partial charge in [0, 0.05) is 30.7 Å². The summed E-state index contributed by atoms with van der Waals surface area (Å²) in [6.45, 7) is 5.16. The van der Waals surface area contributed by atoms with Crippen LogP contribution in [0.25, 0.3) is 11.0 Å². The lowest BCUT2D eigenvalue weighted by Crippen LogP contribution is -2.36. The Morgan fingerprint density at radius 1 is 1.16 bits per heavy atom. The molecule has 3 aromatic rings. The second-order valence-electron chi connectivity index (χ2n) is 6.90. The summed E-state index contributed by atoms with van der Waals surface area (Å²) in [5.74, 6) is 0. The maximum absolute atomic E-state index is 12.4. The summed E-state index contributed by atoms with van der Waals surface area (Å²) < 4.78 is 1.91. The molecular weight excluding hydrogens is 334 g/mol. The van der Waals surface area contributed by atoms with E-state index in [1.165, 1.54) is 11.1 Å². The Balaban J connectivity index is 1.50. The van der Waals surface area contributed by atoms with Crippen molar-refractivity contribution in [1.29, 1.82) is 0 Å². The highest BCUT2D eigenvalue weighted by atomic mass is 35.5. The second-order valence-corrected chi connectivity index (χ2v) is 7.33. The van der Waals surface area contributed by atoms with E-state index in [1.807, 2.05) is 22.8 Å². The Bertz CT molecular complexity index is 951. The molecule has 1 aromatic heterocycles. The van der Waals surface area contributed by atoms with Crippen LogP contribution in [0.15, 0.2) is 47.3 Å². The number of benzene rings is 2. The van der Waals surface area contributed by atoms with Gasteiger partial charge < -0.3 is 4.98 Å². The normalized spacial score (nSPS) is 16.6. The van der Waals surface area contributed by atoms with E-state index in [1.54, 1.807) is 0 Å². The summed E-state index contributed by atoms with van der Waals surface area (Å²) >= 11 is 6.04. The number of hydrogen-bond donors (Lipinski definition) is 1. The lowest BCUT2D eigenvalue weighted by molar-refractivity contribution is 0.179. The smallest absolute Gasteiger partial charge is 0.305 e. The Kier molecular flexibility index (Phi) is 4.40. The van der Waals surface area contributed by atoms with Crippen molar-refractivity contribution < 1.29 is 0 Å². The van der Waals surface area contributed by atoms with Gasteiger partial charge in [-0.15, -0.1) is 0 Å². The minimum absolute atomic E-state index is 0.0328. The number of likely N-dealkylation sites (tertiary alicyclic amines) is 1. The molecule has 0 saturated carbocycles. The molecule has 1 fully saturated rings. The molecule has 5 heteroatoms. The first-order valence-electron chi connectivity index (χ1n) is 8.78. The second kappa shape index (κ2) is 6.70. The van der Waals surface area contributed by atoms with E-state index in [4.69, 9.17) is 11.6 Å². The monoisotopic (exact) mass is 355 g/mol. The van der Waals surface area contributed by atoms with Gasteiger partial charge in [-0.2, -0.15) is 0 Å². The summed E-state index contributed by atoms with van der Waals surface area (Å²) in [5.41, 5.74) is 4.47. The van der Waals surface area contributed by atoms with Gasteiger partial charge in [-0.1, -0.05) is 35.9 Å². The molecular formula is C20H22ClN3O. The van der Waals surface area contributed by atoms with Crippen LogP contribution >= 0.6 is 11.6 Å². The summed E-state index contributed by atoms with van der Waals surface area (Å²) in [6, 6.07) is 14.4. The number of nitrogens with zero attached hydrogens (tertiary/aromatic N) is 2. The zero-order valence-electron chi connectivity index (χ0n) is 14.3. The van der Waals surface area contributed by atoms with Gasteiger partial charge in [0.1, 0.15) is 0 Å². The Hall–Kier alpha value is -2.04. The van der Waals surface area contributed by atoms with Gasteiger partial charge in [0.2, 0.25) is 0 Å². The number of piperidine rings is 1. The zero-order chi connectivity index (χ0) is 17.4. The fourth-order valence-electron chi connectivity index (χ4n) is 3.83. The van der Waals surface area contributed by atoms with Crippen molar-refractivity contribution in [2.24, 2.45) is 0 Å². The lowest BCUT2D eigenvalue weighted by Gasteiger charge is -2.32. The molecule has 0 unspecified atom stereocenters. The quantitative estimate of drug-likeness (QED) is 0.767. The van der Waals surface area contributed by atoms with Gasteiger partial charge in [-0.3, -0.25) is 9.47 Å². The van der Waals surface area contributed by atoms with Crippen molar-refractivity contribution in [3.63, 3.8) is 0 Å². The molecule has 4 nitrogen and oxygen atoms in total. The summed E-state index contributed by atoms with van der Waals surface area (Å²) in [4.78, 5) is 17.8. The lowest BCUT2D eigenvalue weighted by atomic mass is 10.0. The number of nitrogens with one attached hydrogen (secondary N) is 1. The Labute approximate surface area is 152 Å². The van der Waals surface area contributed by atoms with E-state index in [0.717, 1.165) is 43.5 Å². The highest BCUT2D eigenvalue weighted by Crippen LogP contribution is 2.27. The standard InChI is InChI=1S/C20H22ClN3O/c1-14-4-2-3-5-15(14)13-23-10-8-17(9-11-23)24-19-7-6-16(21)12-18(19)22-20(24)25/h2-7,12,17H,8-11,13H2,1H3,(H,22,25). The number of imidazole rings is 1. The van der Waals surface area contributed by atoms with Gasteiger partial charge in [0.15, 0.2) is 0 Å². The van der Waals surface area contributed by atoms with E-state index in [2.05, 4.69) is 41.1 Å². The van der Waals surface area contributed by atoms with Crippen molar-refractivity contribution in [2.45, 2.75) is 32.4 Å². The van der Waals surface area contributed by atoms with Crippen LogP contribution in [0.5, 0.6) is 0 Å². The van der Waals surface area contributed by atoms with Crippen molar-refractivity contribution >= 4 is 22.6 Å². The van der Waals surface area contributed by atoms with E-state index < -0.39 is 0 Å². The molecule has 1 saturated heterocycles. The number of fused-ring (bicyclic) bond motifs is 1. The minimum Gasteiger partial charge on any atom is -0.305 e. The molecule has 1 N–H and O–H groups in total. The molecule has 2 aromatic carbocycles. The maximum Gasteiger partial charge on any atom is 0.326 e. The molecule has 25 heavy (non-hydrogen) atoms. The van der Waals surface area contributed by atoms with Gasteiger partial charge in [-0.25, -0.2) is 4.79 Å². The van der Waals surface area contributed by atoms with Crippen LogP contribution in [-0.4, -0.2) is 27.5 Å². The molecule has 130 valence electrons. The molecule has 1 aliphatic heterocycles. The van der Waals surface area contributed by atoms with Crippen LogP contribution in [0.1, 0.15) is 30.0 Å². The number of aromatic amines is 1. The number of aromatic nitrogens is 2.